The van der Waals surface area contributed by atoms with Gasteiger partial charge >= 0.3 is 0 Å². The normalized spacial score (nSPS) is 37.8. The van der Waals surface area contributed by atoms with Crippen LogP contribution in [-0.2, 0) is 20.8 Å². The molecule has 218 valence electrons. The number of fused-ring (bicyclic) bond motifs is 3. The van der Waals surface area contributed by atoms with E-state index in [1.54, 1.807) is 19.0 Å². The second-order valence-electron chi connectivity index (χ2n) is 13.3. The lowest BCUT2D eigenvalue weighted by molar-refractivity contribution is -0.190. The molecule has 7 atom stereocenters. The fourth-order valence-corrected chi connectivity index (χ4v) is 8.34. The molecule has 0 saturated heterocycles. The third-order valence-corrected chi connectivity index (χ3v) is 10.4. The molecule has 3 unspecified atom stereocenters. The van der Waals surface area contributed by atoms with Gasteiger partial charge in [0, 0.05) is 12.0 Å². The molecule has 3 fully saturated rings. The minimum atomic E-state index is -2.64. The maximum Gasteiger partial charge on any atom is 0.230 e. The van der Waals surface area contributed by atoms with E-state index in [4.69, 9.17) is 5.73 Å². The van der Waals surface area contributed by atoms with Crippen molar-refractivity contribution in [3.8, 4) is 5.75 Å². The molecule has 0 aromatic heterocycles. The fraction of sp³-hybridized carbons (Fsp3) is 0.677. The summed E-state index contributed by atoms with van der Waals surface area (Å²) in [7, 11) is 3.28. The Hall–Kier alpha value is -2.62. The van der Waals surface area contributed by atoms with Gasteiger partial charge in [0.25, 0.3) is 0 Å². The van der Waals surface area contributed by atoms with Crippen LogP contribution in [0.2, 0.25) is 0 Å². The predicted octanol–water partition coefficient (Wildman–Crippen LogP) is 2.08. The van der Waals surface area contributed by atoms with Gasteiger partial charge in [0.15, 0.2) is 23.0 Å². The number of phenolic OH excluding ortho intramolecular Hbond substituents is 1. The van der Waals surface area contributed by atoms with Crippen molar-refractivity contribution in [1.29, 1.82) is 0 Å². The number of nitrogens with two attached hydrogens (primary N) is 1. The summed E-state index contributed by atoms with van der Waals surface area (Å²) in [6.07, 6.45) is 2.83. The van der Waals surface area contributed by atoms with Gasteiger partial charge in [0.2, 0.25) is 5.91 Å². The van der Waals surface area contributed by atoms with Crippen molar-refractivity contribution in [3.63, 3.8) is 0 Å². The number of aliphatic hydroxyl groups excluding tert-OH is 1. The van der Waals surface area contributed by atoms with Crippen LogP contribution in [-0.4, -0.2) is 75.3 Å². The molecule has 0 aliphatic heterocycles. The molecule has 9 heteroatoms. The van der Waals surface area contributed by atoms with Crippen LogP contribution in [0.3, 0.4) is 0 Å². The third-order valence-electron chi connectivity index (χ3n) is 10.4. The number of nitrogens with zero attached hydrogens (tertiary/aromatic N) is 1. The number of hydrogen-bond donors (Lipinski definition) is 4. The number of rotatable bonds is 4. The van der Waals surface area contributed by atoms with E-state index in [1.807, 2.05) is 19.9 Å². The van der Waals surface area contributed by atoms with Gasteiger partial charge in [-0.1, -0.05) is 39.7 Å². The second-order valence-corrected chi connectivity index (χ2v) is 13.3. The predicted molar refractivity (Wildman–Crippen MR) is 147 cm³/mol. The van der Waals surface area contributed by atoms with Gasteiger partial charge in [-0.05, 0) is 80.1 Å². The Bertz CT molecular complexity index is 1260. The van der Waals surface area contributed by atoms with Crippen LogP contribution in [0.4, 0.5) is 0 Å². The number of Topliss-reactive ketones (excluding diaryl/α,β-unsaturated/α-hetero) is 3. The third kappa shape index (κ3) is 4.07. The van der Waals surface area contributed by atoms with E-state index in [0.717, 1.165) is 42.4 Å². The molecule has 40 heavy (non-hydrogen) atoms. The van der Waals surface area contributed by atoms with Gasteiger partial charge in [-0.2, -0.15) is 0 Å². The van der Waals surface area contributed by atoms with E-state index in [0.29, 0.717) is 12.3 Å². The number of phenols is 1. The van der Waals surface area contributed by atoms with Crippen LogP contribution >= 0.6 is 0 Å². The summed E-state index contributed by atoms with van der Waals surface area (Å²) >= 11 is 0. The molecular formula is C31H42N2O7. The van der Waals surface area contributed by atoms with E-state index >= 15 is 0 Å². The largest absolute Gasteiger partial charge is 0.507 e. The number of amides is 1. The zero-order chi connectivity index (χ0) is 29.4. The van der Waals surface area contributed by atoms with Crippen LogP contribution in [0.15, 0.2) is 6.07 Å². The molecular weight excluding hydrogens is 512 g/mol. The summed E-state index contributed by atoms with van der Waals surface area (Å²) in [6.45, 7) is 6.31. The lowest BCUT2D eigenvalue weighted by atomic mass is 9.51. The number of benzene rings is 1. The summed E-state index contributed by atoms with van der Waals surface area (Å²) in [5, 5.41) is 34.4. The van der Waals surface area contributed by atoms with E-state index in [-0.39, 0.29) is 29.6 Å². The molecule has 4 aliphatic rings. The quantitative estimate of drug-likeness (QED) is 0.412. The van der Waals surface area contributed by atoms with E-state index in [2.05, 4.69) is 6.92 Å². The SMILES string of the molecule is CC1CCC(c2cc(C(C)C)c3c(c2O)C(=O)C2C(=O)[C@@]4(O)C(=O)C(C(N)=O)C(O)[C@H](N(C)C)[C@H]4C[C@H]2C3)CC1. The molecule has 0 heterocycles. The maximum absolute atomic E-state index is 14.2. The van der Waals surface area contributed by atoms with Gasteiger partial charge in [0.1, 0.15) is 11.7 Å². The molecule has 0 radical (unpaired) electrons. The average Bonchev–Trinajstić information content (AvgIpc) is 2.86. The highest BCUT2D eigenvalue weighted by Gasteiger charge is 2.69. The van der Waals surface area contributed by atoms with Crippen molar-refractivity contribution in [3.05, 3.63) is 28.3 Å². The molecule has 1 aromatic carbocycles. The van der Waals surface area contributed by atoms with Crippen LogP contribution in [0.25, 0.3) is 0 Å². The van der Waals surface area contributed by atoms with E-state index in [9.17, 15) is 34.5 Å². The summed E-state index contributed by atoms with van der Waals surface area (Å²) in [5.74, 6) is -7.77. The molecule has 1 aromatic rings. The number of likely N-dealkylation sites (N-methyl/N-ethyl adjacent to an activating group) is 1. The van der Waals surface area contributed by atoms with Crippen molar-refractivity contribution in [2.45, 2.75) is 88.9 Å². The van der Waals surface area contributed by atoms with E-state index < -0.39 is 64.7 Å². The number of aromatic hydroxyl groups is 1. The van der Waals surface area contributed by atoms with Gasteiger partial charge < -0.3 is 26.0 Å². The Morgan fingerprint density at radius 1 is 1.10 bits per heavy atom. The molecule has 5 N–H and O–H groups in total. The topological polar surface area (TPSA) is 158 Å². The van der Waals surface area contributed by atoms with Crippen molar-refractivity contribution in [1.82, 2.24) is 4.90 Å². The Balaban J connectivity index is 1.63. The Morgan fingerprint density at radius 2 is 1.73 bits per heavy atom. The minimum Gasteiger partial charge on any atom is -0.507 e. The average molecular weight is 555 g/mol. The van der Waals surface area contributed by atoms with Crippen molar-refractivity contribution in [2.75, 3.05) is 14.1 Å². The molecule has 5 rings (SSSR count). The molecule has 3 saturated carbocycles. The van der Waals surface area contributed by atoms with Crippen LogP contribution in [0, 0.1) is 29.6 Å². The number of hydrogen-bond acceptors (Lipinski definition) is 8. The van der Waals surface area contributed by atoms with Crippen LogP contribution in [0.5, 0.6) is 5.75 Å². The Labute approximate surface area is 235 Å². The molecule has 4 aliphatic carbocycles. The monoisotopic (exact) mass is 554 g/mol. The summed E-state index contributed by atoms with van der Waals surface area (Å²) < 4.78 is 0. The molecule has 1 amide bonds. The minimum absolute atomic E-state index is 0.0696. The van der Waals surface area contributed by atoms with Crippen LogP contribution < -0.4 is 5.73 Å². The van der Waals surface area contributed by atoms with Crippen molar-refractivity contribution in [2.24, 2.45) is 35.3 Å². The zero-order valence-corrected chi connectivity index (χ0v) is 24.0. The number of carbonyl (C=O) groups is 4. The summed E-state index contributed by atoms with van der Waals surface area (Å²) in [6, 6.07) is 1.14. The first-order chi connectivity index (χ1) is 18.7. The summed E-state index contributed by atoms with van der Waals surface area (Å²) in [5.41, 5.74) is 5.38. The number of aliphatic hydroxyl groups is 2. The first-order valence-corrected chi connectivity index (χ1v) is 14.6. The van der Waals surface area contributed by atoms with Gasteiger partial charge in [-0.25, -0.2) is 0 Å². The molecule has 9 nitrogen and oxygen atoms in total. The van der Waals surface area contributed by atoms with E-state index in [1.165, 1.54) is 0 Å². The van der Waals surface area contributed by atoms with Crippen molar-refractivity contribution < 1.29 is 34.5 Å². The number of carbonyl (C=O) groups excluding carboxylic acids is 4. The van der Waals surface area contributed by atoms with Gasteiger partial charge in [-0.15, -0.1) is 0 Å². The lowest BCUT2D eigenvalue weighted by Crippen LogP contribution is -2.75. The first kappa shape index (κ1) is 28.9. The highest BCUT2D eigenvalue weighted by molar-refractivity contribution is 6.25. The Kier molecular flexibility index (Phi) is 7.25. The second kappa shape index (κ2) is 10.0. The fourth-order valence-electron chi connectivity index (χ4n) is 8.34. The summed E-state index contributed by atoms with van der Waals surface area (Å²) in [4.78, 5) is 55.7. The highest BCUT2D eigenvalue weighted by atomic mass is 16.3. The van der Waals surface area contributed by atoms with Crippen molar-refractivity contribution >= 4 is 23.3 Å². The lowest BCUT2D eigenvalue weighted by Gasteiger charge is -2.55. The number of ketones is 3. The molecule has 0 spiro atoms. The number of primary amides is 1. The first-order valence-electron chi connectivity index (χ1n) is 14.6. The van der Waals surface area contributed by atoms with Crippen LogP contribution in [0.1, 0.15) is 91.8 Å². The zero-order valence-electron chi connectivity index (χ0n) is 24.0. The Morgan fingerprint density at radius 3 is 2.27 bits per heavy atom. The highest BCUT2D eigenvalue weighted by Crippen LogP contribution is 2.53. The van der Waals surface area contributed by atoms with Gasteiger partial charge in [-0.3, -0.25) is 19.2 Å². The molecule has 0 bridgehead atoms. The van der Waals surface area contributed by atoms with Gasteiger partial charge in [0.05, 0.1) is 17.6 Å². The maximum atomic E-state index is 14.2. The smallest absolute Gasteiger partial charge is 0.230 e. The standard InChI is InChI=1S/C31H42N2O7/c1-13(2)17-12-18(15-8-6-14(3)7-9-15)25(34)22-19(17)10-16-11-20-24(33(4)5)27(36)23(30(32)39)29(38)31(20,40)28(37)21(16)26(22)35/h12-16,20-21,23-24,27,34,36,40H,6-11H2,1-5H3,(H2,32,39)/t14?,15?,16-,20-,21?,23?,24-,27?,31-/m1/s1.